The van der Waals surface area contributed by atoms with Crippen LogP contribution in [-0.2, 0) is 24.9 Å². The molecule has 0 radical (unpaired) electrons. The summed E-state index contributed by atoms with van der Waals surface area (Å²) in [6.07, 6.45) is 2.33. The Hall–Kier alpha value is -3.03. The summed E-state index contributed by atoms with van der Waals surface area (Å²) in [5, 5.41) is 5.27. The third-order valence-electron chi connectivity index (χ3n) is 7.49. The molecule has 0 aliphatic carbocycles. The Kier molecular flexibility index (Phi) is 9.00. The third kappa shape index (κ3) is 6.69. The molecule has 1 atom stereocenters. The number of aromatic nitrogens is 2. The monoisotopic (exact) mass is 538 g/mol. The van der Waals surface area contributed by atoms with Gasteiger partial charge in [0.25, 0.3) is 0 Å². The first-order valence-electron chi connectivity index (χ1n) is 13.2. The lowest BCUT2D eigenvalue weighted by Gasteiger charge is -2.43. The molecule has 0 unspecified atom stereocenters. The third-order valence-corrected chi connectivity index (χ3v) is 7.92. The topological polar surface area (TPSA) is 59.8 Å². The molecule has 0 saturated carbocycles. The number of aryl methyl sites for hydroxylation is 3. The number of hydrogen-bond acceptors (Lipinski definition) is 5. The zero-order valence-corrected chi connectivity index (χ0v) is 23.9. The molecule has 1 saturated heterocycles. The Morgan fingerprint density at radius 3 is 2.66 bits per heavy atom. The molecule has 1 aliphatic rings. The van der Waals surface area contributed by atoms with Crippen LogP contribution >= 0.6 is 11.6 Å². The first-order chi connectivity index (χ1) is 18.2. The number of methoxy groups -OCH3 is 1. The van der Waals surface area contributed by atoms with E-state index in [0.717, 1.165) is 71.5 Å². The highest BCUT2D eigenvalue weighted by Crippen LogP contribution is 2.37. The number of carbonyl (C=O) groups excluding carboxylic acids is 1. The molecule has 1 amide bonds. The maximum absolute atomic E-state index is 13.6. The van der Waals surface area contributed by atoms with E-state index in [2.05, 4.69) is 22.1 Å². The van der Waals surface area contributed by atoms with E-state index >= 15 is 0 Å². The molecule has 8 heteroatoms. The van der Waals surface area contributed by atoms with E-state index in [1.807, 2.05) is 69.2 Å². The SMILES string of the molecule is COc1c(CN2CCC[C@@](COc3ccc(Cl)c(C)c3)(CC(=O)N(C)Cc3ccccc3)C2)c(C)nn1C. The van der Waals surface area contributed by atoms with Crippen molar-refractivity contribution in [1.29, 1.82) is 0 Å². The van der Waals surface area contributed by atoms with Gasteiger partial charge in [-0.1, -0.05) is 41.9 Å². The molecule has 3 aromatic rings. The van der Waals surface area contributed by atoms with Gasteiger partial charge in [-0.05, 0) is 62.6 Å². The van der Waals surface area contributed by atoms with E-state index in [4.69, 9.17) is 21.1 Å². The lowest BCUT2D eigenvalue weighted by molar-refractivity contribution is -0.135. The molecule has 4 rings (SSSR count). The van der Waals surface area contributed by atoms with Gasteiger partial charge >= 0.3 is 0 Å². The van der Waals surface area contributed by atoms with Gasteiger partial charge in [0.1, 0.15) is 5.75 Å². The minimum atomic E-state index is -0.322. The molecule has 0 bridgehead atoms. The van der Waals surface area contributed by atoms with E-state index in [-0.39, 0.29) is 11.3 Å². The molecule has 2 heterocycles. The van der Waals surface area contributed by atoms with Crippen LogP contribution in [0.5, 0.6) is 11.6 Å². The quantitative estimate of drug-likeness (QED) is 0.345. The number of piperidine rings is 1. The molecule has 1 fully saturated rings. The molecule has 2 aromatic carbocycles. The standard InChI is InChI=1S/C30H39ClN4O3/c1-22-16-25(12-13-27(22)31)38-21-30(17-28(36)33(3)18-24-10-7-6-8-11-24)14-9-15-35(20-30)19-26-23(2)32-34(4)29(26)37-5/h6-8,10-13,16H,9,14-15,17-21H2,1-5H3/t30-/m1/s1. The molecule has 1 aromatic heterocycles. The van der Waals surface area contributed by atoms with Crippen molar-refractivity contribution in [1.82, 2.24) is 19.6 Å². The van der Waals surface area contributed by atoms with Gasteiger partial charge in [0.2, 0.25) is 11.8 Å². The number of ether oxygens (including phenoxy) is 2. The summed E-state index contributed by atoms with van der Waals surface area (Å²) in [7, 11) is 5.47. The number of amides is 1. The van der Waals surface area contributed by atoms with E-state index in [0.29, 0.717) is 19.6 Å². The fraction of sp³-hybridized carbons (Fsp3) is 0.467. The van der Waals surface area contributed by atoms with Gasteiger partial charge in [0.15, 0.2) is 0 Å². The minimum absolute atomic E-state index is 0.127. The summed E-state index contributed by atoms with van der Waals surface area (Å²) in [6.45, 7) is 7.46. The number of likely N-dealkylation sites (tertiary alicyclic amines) is 1. The lowest BCUT2D eigenvalue weighted by atomic mass is 9.77. The van der Waals surface area contributed by atoms with Crippen molar-refractivity contribution in [2.24, 2.45) is 12.5 Å². The summed E-state index contributed by atoms with van der Waals surface area (Å²) in [4.78, 5) is 17.8. The minimum Gasteiger partial charge on any atom is -0.493 e. The number of halogens is 1. The summed E-state index contributed by atoms with van der Waals surface area (Å²) in [5.74, 6) is 1.69. The molecule has 7 nitrogen and oxygen atoms in total. The van der Waals surface area contributed by atoms with Gasteiger partial charge < -0.3 is 14.4 Å². The van der Waals surface area contributed by atoms with E-state index in [1.54, 1.807) is 11.8 Å². The lowest BCUT2D eigenvalue weighted by Crippen LogP contribution is -2.48. The van der Waals surface area contributed by atoms with Crippen LogP contribution in [0.4, 0.5) is 0 Å². The van der Waals surface area contributed by atoms with Crippen molar-refractivity contribution in [3.05, 3.63) is 75.9 Å². The number of rotatable bonds is 10. The van der Waals surface area contributed by atoms with Crippen molar-refractivity contribution >= 4 is 17.5 Å². The summed E-state index contributed by atoms with van der Waals surface area (Å²) >= 11 is 6.23. The van der Waals surface area contributed by atoms with Crippen molar-refractivity contribution in [3.63, 3.8) is 0 Å². The normalized spacial score (nSPS) is 17.8. The van der Waals surface area contributed by atoms with Crippen molar-refractivity contribution in [2.75, 3.05) is 33.9 Å². The Balaban J connectivity index is 1.54. The van der Waals surface area contributed by atoms with Crippen LogP contribution in [0.1, 0.15) is 41.6 Å². The highest BCUT2D eigenvalue weighted by Gasteiger charge is 2.39. The van der Waals surface area contributed by atoms with Gasteiger partial charge in [-0.2, -0.15) is 5.10 Å². The molecular weight excluding hydrogens is 500 g/mol. The number of nitrogens with zero attached hydrogens (tertiary/aromatic N) is 4. The second-order valence-corrected chi connectivity index (χ2v) is 11.0. The maximum atomic E-state index is 13.6. The fourth-order valence-corrected chi connectivity index (χ4v) is 5.56. The number of hydrogen-bond donors (Lipinski definition) is 0. The summed E-state index contributed by atoms with van der Waals surface area (Å²) in [5.41, 5.74) is 3.83. The Morgan fingerprint density at radius 1 is 1.18 bits per heavy atom. The van der Waals surface area contributed by atoms with Crippen LogP contribution in [0.15, 0.2) is 48.5 Å². The fourth-order valence-electron chi connectivity index (χ4n) is 5.44. The van der Waals surface area contributed by atoms with E-state index in [1.165, 1.54) is 0 Å². The highest BCUT2D eigenvalue weighted by molar-refractivity contribution is 6.31. The van der Waals surface area contributed by atoms with Crippen LogP contribution in [0.3, 0.4) is 0 Å². The molecule has 38 heavy (non-hydrogen) atoms. The van der Waals surface area contributed by atoms with Crippen LogP contribution in [0, 0.1) is 19.3 Å². The molecular formula is C30H39ClN4O3. The Bertz CT molecular complexity index is 1250. The average Bonchev–Trinajstić information content (AvgIpc) is 3.17. The first-order valence-corrected chi connectivity index (χ1v) is 13.5. The number of benzene rings is 2. The second-order valence-electron chi connectivity index (χ2n) is 10.6. The zero-order chi connectivity index (χ0) is 27.3. The molecule has 204 valence electrons. The van der Waals surface area contributed by atoms with Crippen molar-refractivity contribution in [3.8, 4) is 11.6 Å². The molecule has 1 aliphatic heterocycles. The van der Waals surface area contributed by atoms with Gasteiger partial charge in [0, 0.05) is 50.6 Å². The van der Waals surface area contributed by atoms with Crippen molar-refractivity contribution in [2.45, 2.75) is 46.2 Å². The van der Waals surface area contributed by atoms with Crippen LogP contribution in [0.2, 0.25) is 5.02 Å². The Labute approximate surface area is 231 Å². The van der Waals surface area contributed by atoms with Crippen LogP contribution in [-0.4, -0.2) is 59.3 Å². The first kappa shape index (κ1) is 28.0. The van der Waals surface area contributed by atoms with Crippen LogP contribution in [0.25, 0.3) is 0 Å². The Morgan fingerprint density at radius 2 is 1.95 bits per heavy atom. The molecule has 0 spiro atoms. The van der Waals surface area contributed by atoms with Crippen molar-refractivity contribution < 1.29 is 14.3 Å². The highest BCUT2D eigenvalue weighted by atomic mass is 35.5. The van der Waals surface area contributed by atoms with Gasteiger partial charge in [-0.25, -0.2) is 4.68 Å². The average molecular weight is 539 g/mol. The van der Waals surface area contributed by atoms with Gasteiger partial charge in [-0.15, -0.1) is 0 Å². The zero-order valence-electron chi connectivity index (χ0n) is 23.2. The summed E-state index contributed by atoms with van der Waals surface area (Å²) < 4.78 is 13.8. The van der Waals surface area contributed by atoms with Gasteiger partial charge in [-0.3, -0.25) is 9.69 Å². The molecule has 0 N–H and O–H groups in total. The van der Waals surface area contributed by atoms with E-state index < -0.39 is 0 Å². The summed E-state index contributed by atoms with van der Waals surface area (Å²) in [6, 6.07) is 15.8. The second kappa shape index (κ2) is 12.2. The van der Waals surface area contributed by atoms with Gasteiger partial charge in [0.05, 0.1) is 25.0 Å². The number of carbonyl (C=O) groups is 1. The predicted octanol–water partition coefficient (Wildman–Crippen LogP) is 5.41. The van der Waals surface area contributed by atoms with E-state index in [9.17, 15) is 4.79 Å². The smallest absolute Gasteiger partial charge is 0.223 e. The predicted molar refractivity (Wildman–Crippen MR) is 151 cm³/mol. The largest absolute Gasteiger partial charge is 0.493 e. The van der Waals surface area contributed by atoms with Crippen LogP contribution < -0.4 is 9.47 Å². The maximum Gasteiger partial charge on any atom is 0.223 e.